The molecule has 0 bridgehead atoms. The molecule has 1 heterocycles. The van der Waals surface area contributed by atoms with Crippen LogP contribution in [-0.4, -0.2) is 25.5 Å². The number of esters is 1. The van der Waals surface area contributed by atoms with E-state index in [1.165, 1.54) is 0 Å². The van der Waals surface area contributed by atoms with Crippen molar-refractivity contribution >= 4 is 5.97 Å². The largest absolute Gasteiger partial charge is 0.464 e. The zero-order chi connectivity index (χ0) is 11.2. The molecule has 0 N–H and O–H groups in total. The zero-order valence-corrected chi connectivity index (χ0v) is 8.93. The summed E-state index contributed by atoms with van der Waals surface area (Å²) in [4.78, 5) is 11.0. The monoisotopic (exact) mass is 222 g/mol. The van der Waals surface area contributed by atoms with Crippen LogP contribution in [0.2, 0.25) is 0 Å². The van der Waals surface area contributed by atoms with E-state index < -0.39 is 6.10 Å². The normalized spacial score (nSPS) is 19.8. The van der Waals surface area contributed by atoms with Gasteiger partial charge in [-0.05, 0) is 5.56 Å². The van der Waals surface area contributed by atoms with Gasteiger partial charge in [0.15, 0.2) is 6.10 Å². The van der Waals surface area contributed by atoms with E-state index >= 15 is 0 Å². The minimum absolute atomic E-state index is 0.120. The number of hydrogen-bond acceptors (Lipinski definition) is 4. The minimum atomic E-state index is -0.448. The molecule has 1 aromatic rings. The lowest BCUT2D eigenvalue weighted by Gasteiger charge is -2.08. The van der Waals surface area contributed by atoms with Crippen molar-refractivity contribution in [2.75, 3.05) is 13.4 Å². The lowest BCUT2D eigenvalue weighted by Crippen LogP contribution is -2.19. The number of cyclic esters (lactones) is 1. The fourth-order valence-electron chi connectivity index (χ4n) is 1.49. The van der Waals surface area contributed by atoms with E-state index in [1.807, 2.05) is 30.3 Å². The third-order valence-electron chi connectivity index (χ3n) is 2.35. The molecular formula is C12H14O4. The van der Waals surface area contributed by atoms with Crippen molar-refractivity contribution in [3.05, 3.63) is 35.9 Å². The molecule has 0 amide bonds. The van der Waals surface area contributed by atoms with Gasteiger partial charge in [-0.15, -0.1) is 0 Å². The molecule has 1 atom stereocenters. The highest BCUT2D eigenvalue weighted by atomic mass is 16.7. The van der Waals surface area contributed by atoms with Crippen LogP contribution < -0.4 is 0 Å². The Balaban J connectivity index is 1.64. The molecule has 2 rings (SSSR count). The molecule has 4 nitrogen and oxygen atoms in total. The summed E-state index contributed by atoms with van der Waals surface area (Å²) in [5.74, 6) is -0.289. The highest BCUT2D eigenvalue weighted by Crippen LogP contribution is 2.10. The molecular weight excluding hydrogens is 208 g/mol. The highest BCUT2D eigenvalue weighted by Gasteiger charge is 2.26. The van der Waals surface area contributed by atoms with Gasteiger partial charge in [0.25, 0.3) is 0 Å². The average molecular weight is 222 g/mol. The Hall–Kier alpha value is -1.39. The van der Waals surface area contributed by atoms with E-state index in [-0.39, 0.29) is 12.8 Å². The molecule has 4 heteroatoms. The number of rotatable bonds is 5. The van der Waals surface area contributed by atoms with Crippen LogP contribution in [0, 0.1) is 0 Å². The molecule has 0 aromatic heterocycles. The molecule has 1 saturated heterocycles. The second kappa shape index (κ2) is 5.63. The van der Waals surface area contributed by atoms with Crippen molar-refractivity contribution in [1.82, 2.24) is 0 Å². The molecule has 1 fully saturated rings. The standard InChI is InChI=1S/C12H14O4/c13-12-11(6-7-15-12)16-9-14-8-10-4-2-1-3-5-10/h1-5,11H,6-9H2/t11-/m1/s1. The second-order valence-corrected chi connectivity index (χ2v) is 3.56. The van der Waals surface area contributed by atoms with Crippen LogP contribution >= 0.6 is 0 Å². The van der Waals surface area contributed by atoms with E-state index in [2.05, 4.69) is 0 Å². The fraction of sp³-hybridized carbons (Fsp3) is 0.417. The third kappa shape index (κ3) is 3.05. The Kier molecular flexibility index (Phi) is 3.91. The topological polar surface area (TPSA) is 44.8 Å². The number of hydrogen-bond donors (Lipinski definition) is 0. The van der Waals surface area contributed by atoms with Crippen molar-refractivity contribution < 1.29 is 19.0 Å². The first kappa shape index (κ1) is 11.1. The first-order valence-electron chi connectivity index (χ1n) is 5.26. The van der Waals surface area contributed by atoms with E-state index in [1.54, 1.807) is 0 Å². The van der Waals surface area contributed by atoms with Crippen LogP contribution in [0.3, 0.4) is 0 Å². The lowest BCUT2D eigenvalue weighted by atomic mass is 10.2. The van der Waals surface area contributed by atoms with E-state index in [4.69, 9.17) is 14.2 Å². The van der Waals surface area contributed by atoms with Gasteiger partial charge in [0, 0.05) is 6.42 Å². The number of carbonyl (C=O) groups is 1. The number of carbonyl (C=O) groups excluding carboxylic acids is 1. The van der Waals surface area contributed by atoms with E-state index in [0.29, 0.717) is 19.6 Å². The summed E-state index contributed by atoms with van der Waals surface area (Å²) in [7, 11) is 0. The molecule has 1 aromatic carbocycles. The Labute approximate surface area is 94.1 Å². The molecule has 0 radical (unpaired) electrons. The van der Waals surface area contributed by atoms with Crippen LogP contribution in [-0.2, 0) is 25.6 Å². The summed E-state index contributed by atoms with van der Waals surface area (Å²) in [6.45, 7) is 1.06. The second-order valence-electron chi connectivity index (χ2n) is 3.56. The smallest absolute Gasteiger partial charge is 0.335 e. The highest BCUT2D eigenvalue weighted by molar-refractivity contribution is 5.76. The molecule has 1 aliphatic heterocycles. The quantitative estimate of drug-likeness (QED) is 0.430. The summed E-state index contributed by atoms with van der Waals surface area (Å²) in [5.41, 5.74) is 1.08. The summed E-state index contributed by atoms with van der Waals surface area (Å²) in [5, 5.41) is 0. The van der Waals surface area contributed by atoms with Gasteiger partial charge in [-0.2, -0.15) is 0 Å². The van der Waals surface area contributed by atoms with Crippen molar-refractivity contribution in [2.45, 2.75) is 19.1 Å². The van der Waals surface area contributed by atoms with Crippen molar-refractivity contribution in [1.29, 1.82) is 0 Å². The van der Waals surface area contributed by atoms with Gasteiger partial charge in [0.2, 0.25) is 0 Å². The summed E-state index contributed by atoms with van der Waals surface area (Å²) >= 11 is 0. The van der Waals surface area contributed by atoms with Crippen molar-refractivity contribution in [3.63, 3.8) is 0 Å². The minimum Gasteiger partial charge on any atom is -0.464 e. The Morgan fingerprint density at radius 1 is 1.31 bits per heavy atom. The molecule has 86 valence electrons. The van der Waals surface area contributed by atoms with Gasteiger partial charge >= 0.3 is 5.97 Å². The number of ether oxygens (including phenoxy) is 3. The Morgan fingerprint density at radius 2 is 2.12 bits per heavy atom. The van der Waals surface area contributed by atoms with E-state index in [0.717, 1.165) is 5.56 Å². The van der Waals surface area contributed by atoms with Crippen molar-refractivity contribution in [2.24, 2.45) is 0 Å². The maximum absolute atomic E-state index is 11.0. The average Bonchev–Trinajstić information content (AvgIpc) is 2.72. The maximum atomic E-state index is 11.0. The predicted molar refractivity (Wildman–Crippen MR) is 56.5 cm³/mol. The van der Waals surface area contributed by atoms with Gasteiger partial charge in [0.05, 0.1) is 13.2 Å². The first-order valence-corrected chi connectivity index (χ1v) is 5.26. The predicted octanol–water partition coefficient (Wildman–Crippen LogP) is 1.49. The van der Waals surface area contributed by atoms with Crippen LogP contribution in [0.15, 0.2) is 30.3 Å². The van der Waals surface area contributed by atoms with E-state index in [9.17, 15) is 4.79 Å². The molecule has 16 heavy (non-hydrogen) atoms. The van der Waals surface area contributed by atoms with Gasteiger partial charge in [0.1, 0.15) is 6.79 Å². The third-order valence-corrected chi connectivity index (χ3v) is 2.35. The van der Waals surface area contributed by atoms with Gasteiger partial charge in [-0.1, -0.05) is 30.3 Å². The Morgan fingerprint density at radius 3 is 2.81 bits per heavy atom. The number of benzene rings is 1. The van der Waals surface area contributed by atoms with Crippen LogP contribution in [0.25, 0.3) is 0 Å². The molecule has 0 spiro atoms. The first-order chi connectivity index (χ1) is 7.86. The maximum Gasteiger partial charge on any atom is 0.335 e. The summed E-state index contributed by atoms with van der Waals surface area (Å²) in [6.07, 6.45) is 0.170. The molecule has 1 aliphatic rings. The van der Waals surface area contributed by atoms with Crippen LogP contribution in [0.1, 0.15) is 12.0 Å². The molecule has 0 saturated carbocycles. The Bertz CT molecular complexity index is 336. The van der Waals surface area contributed by atoms with Crippen molar-refractivity contribution in [3.8, 4) is 0 Å². The zero-order valence-electron chi connectivity index (χ0n) is 8.93. The molecule has 0 unspecified atom stereocenters. The fourth-order valence-corrected chi connectivity index (χ4v) is 1.49. The lowest BCUT2D eigenvalue weighted by molar-refractivity contribution is -0.156. The van der Waals surface area contributed by atoms with Crippen LogP contribution in [0.5, 0.6) is 0 Å². The summed E-state index contributed by atoms with van der Waals surface area (Å²) in [6, 6.07) is 9.81. The molecule has 0 aliphatic carbocycles. The van der Waals surface area contributed by atoms with Gasteiger partial charge < -0.3 is 14.2 Å². The van der Waals surface area contributed by atoms with Crippen LogP contribution in [0.4, 0.5) is 0 Å². The summed E-state index contributed by atoms with van der Waals surface area (Å²) < 4.78 is 15.3. The van der Waals surface area contributed by atoms with Gasteiger partial charge in [-0.25, -0.2) is 4.79 Å². The van der Waals surface area contributed by atoms with Gasteiger partial charge in [-0.3, -0.25) is 0 Å². The SMILES string of the molecule is O=C1OCC[C@H]1OCOCc1ccccc1.